The maximum absolute atomic E-state index is 12.9. The Kier molecular flexibility index (Phi) is 61.6. The number of hydrogen-bond donors (Lipinski definition) is 0. The van der Waals surface area contributed by atoms with Crippen molar-refractivity contribution in [1.82, 2.24) is 0 Å². The Morgan fingerprint density at radius 3 is 0.770 bits per heavy atom. The zero-order valence-electron chi connectivity index (χ0n) is 50.1. The number of ether oxygens (including phenoxy) is 3. The predicted molar refractivity (Wildman–Crippen MR) is 321 cm³/mol. The summed E-state index contributed by atoms with van der Waals surface area (Å²) in [6.07, 6.45) is 76.4. The molecule has 0 bridgehead atoms. The molecule has 1 unspecified atom stereocenters. The van der Waals surface area contributed by atoms with Crippen LogP contribution >= 0.6 is 0 Å². The summed E-state index contributed by atoms with van der Waals surface area (Å²) in [6, 6.07) is 0. The number of unbranched alkanes of at least 4 members (excludes halogenated alkanes) is 47. The quantitative estimate of drug-likeness (QED) is 0.0261. The monoisotopic (exact) mass is 1040 g/mol. The molecule has 0 saturated heterocycles. The van der Waals surface area contributed by atoms with E-state index in [0.717, 1.165) is 64.2 Å². The zero-order chi connectivity index (χ0) is 53.6. The molecule has 0 aromatic heterocycles. The molecule has 0 aromatic carbocycles. The van der Waals surface area contributed by atoms with E-state index in [1.54, 1.807) is 0 Å². The second-order valence-corrected chi connectivity index (χ2v) is 22.7. The number of esters is 3. The van der Waals surface area contributed by atoms with Crippen LogP contribution in [-0.4, -0.2) is 37.2 Å². The molecular weight excluding hydrogens is 913 g/mol. The molecule has 6 nitrogen and oxygen atoms in total. The van der Waals surface area contributed by atoms with Gasteiger partial charge in [-0.2, -0.15) is 0 Å². The van der Waals surface area contributed by atoms with Gasteiger partial charge in [-0.1, -0.05) is 328 Å². The summed E-state index contributed by atoms with van der Waals surface area (Å²) >= 11 is 0. The molecule has 0 aliphatic rings. The standard InChI is InChI=1S/C68H128O6/c1-4-7-10-13-16-19-21-23-25-27-29-30-31-32-33-34-35-36-37-39-40-42-44-46-49-52-55-58-61-67(70)73-64-65(63-72-66(69)60-57-54-51-48-18-15-12-9-6-3)74-68(71)62-59-56-53-50-47-45-43-41-38-28-26-24-22-20-17-14-11-8-5-2/h17,20,24,26,65H,4-16,18-19,21-23,25,27-64H2,1-3H3/b20-17-,26-24-. The van der Waals surface area contributed by atoms with Gasteiger partial charge in [0.05, 0.1) is 0 Å². The lowest BCUT2D eigenvalue weighted by atomic mass is 10.0. The molecule has 0 radical (unpaired) electrons. The van der Waals surface area contributed by atoms with Gasteiger partial charge in [0.1, 0.15) is 13.2 Å². The van der Waals surface area contributed by atoms with Crippen molar-refractivity contribution in [2.45, 2.75) is 380 Å². The van der Waals surface area contributed by atoms with Gasteiger partial charge in [-0.3, -0.25) is 14.4 Å². The van der Waals surface area contributed by atoms with E-state index in [9.17, 15) is 14.4 Å². The molecule has 0 N–H and O–H groups in total. The van der Waals surface area contributed by atoms with Crippen LogP contribution in [0.1, 0.15) is 374 Å². The van der Waals surface area contributed by atoms with Crippen molar-refractivity contribution in [1.29, 1.82) is 0 Å². The van der Waals surface area contributed by atoms with Gasteiger partial charge in [-0.25, -0.2) is 0 Å². The highest BCUT2D eigenvalue weighted by atomic mass is 16.6. The minimum Gasteiger partial charge on any atom is -0.462 e. The lowest BCUT2D eigenvalue weighted by Gasteiger charge is -2.18. The number of allylic oxidation sites excluding steroid dienone is 4. The summed E-state index contributed by atoms with van der Waals surface area (Å²) in [5, 5.41) is 0. The fourth-order valence-corrected chi connectivity index (χ4v) is 10.2. The zero-order valence-corrected chi connectivity index (χ0v) is 50.1. The Morgan fingerprint density at radius 2 is 0.486 bits per heavy atom. The van der Waals surface area contributed by atoms with Crippen LogP contribution < -0.4 is 0 Å². The Bertz CT molecular complexity index is 1190. The van der Waals surface area contributed by atoms with Crippen molar-refractivity contribution in [2.24, 2.45) is 0 Å². The van der Waals surface area contributed by atoms with E-state index in [-0.39, 0.29) is 31.1 Å². The van der Waals surface area contributed by atoms with E-state index in [2.05, 4.69) is 45.1 Å². The van der Waals surface area contributed by atoms with Crippen molar-refractivity contribution < 1.29 is 28.6 Å². The van der Waals surface area contributed by atoms with E-state index >= 15 is 0 Å². The molecule has 0 amide bonds. The van der Waals surface area contributed by atoms with Gasteiger partial charge in [0.25, 0.3) is 0 Å². The molecule has 0 spiro atoms. The first-order valence-corrected chi connectivity index (χ1v) is 33.3. The summed E-state index contributed by atoms with van der Waals surface area (Å²) in [7, 11) is 0. The first kappa shape index (κ1) is 71.9. The normalized spacial score (nSPS) is 12.1. The number of carbonyl (C=O) groups is 3. The molecular formula is C68H128O6. The second kappa shape index (κ2) is 63.4. The highest BCUT2D eigenvalue weighted by molar-refractivity contribution is 5.71. The summed E-state index contributed by atoms with van der Waals surface area (Å²) < 4.78 is 16.9. The maximum Gasteiger partial charge on any atom is 0.306 e. The minimum atomic E-state index is -0.769. The average molecular weight is 1040 g/mol. The van der Waals surface area contributed by atoms with E-state index in [1.807, 2.05) is 0 Å². The predicted octanol–water partition coefficient (Wildman–Crippen LogP) is 22.6. The van der Waals surface area contributed by atoms with Crippen LogP contribution in [0.4, 0.5) is 0 Å². The number of carbonyl (C=O) groups excluding carboxylic acids is 3. The van der Waals surface area contributed by atoms with Crippen molar-refractivity contribution in [2.75, 3.05) is 13.2 Å². The Balaban J connectivity index is 4.09. The SMILES string of the molecule is CCCCC/C=C\C/C=C\CCCCCCCCCCCC(=O)OC(COC(=O)CCCCCCCCCCC)COC(=O)CCCCCCCCCCCCCCCCCCCCCCCCCCCCCC. The van der Waals surface area contributed by atoms with Crippen LogP contribution in [0.25, 0.3) is 0 Å². The van der Waals surface area contributed by atoms with Gasteiger partial charge in [0.2, 0.25) is 0 Å². The first-order valence-electron chi connectivity index (χ1n) is 33.3. The molecule has 436 valence electrons. The Hall–Kier alpha value is -2.11. The van der Waals surface area contributed by atoms with Gasteiger partial charge in [-0.05, 0) is 51.4 Å². The van der Waals surface area contributed by atoms with Crippen LogP contribution in [0.5, 0.6) is 0 Å². The molecule has 74 heavy (non-hydrogen) atoms. The summed E-state index contributed by atoms with van der Waals surface area (Å²) in [6.45, 7) is 6.66. The Labute approximate surface area is 462 Å². The highest BCUT2D eigenvalue weighted by Gasteiger charge is 2.19. The molecule has 0 aliphatic heterocycles. The van der Waals surface area contributed by atoms with Gasteiger partial charge in [0.15, 0.2) is 6.10 Å². The number of hydrogen-bond acceptors (Lipinski definition) is 6. The van der Waals surface area contributed by atoms with Crippen molar-refractivity contribution in [3.8, 4) is 0 Å². The third-order valence-electron chi connectivity index (χ3n) is 15.2. The maximum atomic E-state index is 12.9. The molecule has 1 atom stereocenters. The third-order valence-corrected chi connectivity index (χ3v) is 15.2. The van der Waals surface area contributed by atoms with E-state index < -0.39 is 6.10 Å². The largest absolute Gasteiger partial charge is 0.462 e. The number of rotatable bonds is 62. The molecule has 0 aliphatic carbocycles. The van der Waals surface area contributed by atoms with Crippen LogP contribution in [0.2, 0.25) is 0 Å². The van der Waals surface area contributed by atoms with Crippen molar-refractivity contribution >= 4 is 17.9 Å². The minimum absolute atomic E-state index is 0.0672. The van der Waals surface area contributed by atoms with Gasteiger partial charge >= 0.3 is 17.9 Å². The van der Waals surface area contributed by atoms with Gasteiger partial charge in [-0.15, -0.1) is 0 Å². The molecule has 0 saturated carbocycles. The van der Waals surface area contributed by atoms with E-state index in [1.165, 1.54) is 270 Å². The molecule has 0 aromatic rings. The van der Waals surface area contributed by atoms with E-state index in [4.69, 9.17) is 14.2 Å². The summed E-state index contributed by atoms with van der Waals surface area (Å²) in [4.78, 5) is 38.2. The molecule has 0 fully saturated rings. The Morgan fingerprint density at radius 1 is 0.270 bits per heavy atom. The molecule has 6 heteroatoms. The van der Waals surface area contributed by atoms with Crippen LogP contribution in [0, 0.1) is 0 Å². The van der Waals surface area contributed by atoms with Crippen molar-refractivity contribution in [3.63, 3.8) is 0 Å². The highest BCUT2D eigenvalue weighted by Crippen LogP contribution is 2.18. The summed E-state index contributed by atoms with van der Waals surface area (Å²) in [5.74, 6) is -0.849. The van der Waals surface area contributed by atoms with E-state index in [0.29, 0.717) is 19.3 Å². The lowest BCUT2D eigenvalue weighted by molar-refractivity contribution is -0.167. The topological polar surface area (TPSA) is 78.9 Å². The summed E-state index contributed by atoms with van der Waals surface area (Å²) in [5.41, 5.74) is 0. The second-order valence-electron chi connectivity index (χ2n) is 22.7. The van der Waals surface area contributed by atoms with Gasteiger partial charge < -0.3 is 14.2 Å². The lowest BCUT2D eigenvalue weighted by Crippen LogP contribution is -2.30. The smallest absolute Gasteiger partial charge is 0.306 e. The third kappa shape index (κ3) is 60.8. The van der Waals surface area contributed by atoms with Gasteiger partial charge in [0, 0.05) is 19.3 Å². The molecule has 0 rings (SSSR count). The fourth-order valence-electron chi connectivity index (χ4n) is 10.2. The van der Waals surface area contributed by atoms with Crippen molar-refractivity contribution in [3.05, 3.63) is 24.3 Å². The van der Waals surface area contributed by atoms with Crippen LogP contribution in [-0.2, 0) is 28.6 Å². The fraction of sp³-hybridized carbons (Fsp3) is 0.897. The van der Waals surface area contributed by atoms with Crippen LogP contribution in [0.15, 0.2) is 24.3 Å². The van der Waals surface area contributed by atoms with Crippen LogP contribution in [0.3, 0.4) is 0 Å². The first-order chi connectivity index (χ1) is 36.5. The molecule has 0 heterocycles. The average Bonchev–Trinajstić information content (AvgIpc) is 3.40.